The van der Waals surface area contributed by atoms with Gasteiger partial charge in [-0.15, -0.1) is 0 Å². The van der Waals surface area contributed by atoms with Crippen molar-refractivity contribution in [3.8, 4) is 11.5 Å². The first-order valence-corrected chi connectivity index (χ1v) is 15.6. The number of hydrogen-bond acceptors (Lipinski definition) is 4. The third-order valence-electron chi connectivity index (χ3n) is 6.98. The van der Waals surface area contributed by atoms with E-state index in [9.17, 15) is 4.79 Å². The van der Waals surface area contributed by atoms with E-state index in [1.807, 2.05) is 24.3 Å². The molecule has 0 fully saturated rings. The number of methoxy groups -OCH3 is 1. The minimum absolute atomic E-state index is 0.163. The molecule has 0 radical (unpaired) electrons. The van der Waals surface area contributed by atoms with Crippen molar-refractivity contribution in [3.63, 3.8) is 0 Å². The second-order valence-electron chi connectivity index (χ2n) is 10.4. The van der Waals surface area contributed by atoms with Crippen molar-refractivity contribution < 1.29 is 18.8 Å². The van der Waals surface area contributed by atoms with Crippen LogP contribution < -0.4 is 19.4 Å². The fraction of sp³-hybridized carbons (Fsp3) is 0.515. The minimum Gasteiger partial charge on any atom is -0.493 e. The van der Waals surface area contributed by atoms with Gasteiger partial charge in [0, 0.05) is 16.8 Å². The molecule has 1 aromatic heterocycles. The first kappa shape index (κ1) is 30.7. The van der Waals surface area contributed by atoms with E-state index >= 15 is 0 Å². The highest BCUT2D eigenvalue weighted by molar-refractivity contribution is 7.09. The zero-order valence-corrected chi connectivity index (χ0v) is 25.0. The van der Waals surface area contributed by atoms with Gasteiger partial charge in [-0.25, -0.2) is 0 Å². The maximum atomic E-state index is 12.9. The largest absolute Gasteiger partial charge is 0.493 e. The number of aromatic nitrogens is 1. The Balaban J connectivity index is 1.37. The Bertz CT molecular complexity index is 1110. The van der Waals surface area contributed by atoms with Crippen molar-refractivity contribution >= 4 is 22.9 Å². The zero-order chi connectivity index (χ0) is 27.7. The van der Waals surface area contributed by atoms with Crippen molar-refractivity contribution in [3.05, 3.63) is 70.2 Å². The summed E-state index contributed by atoms with van der Waals surface area (Å²) in [5.41, 5.74) is 4.62. The second kappa shape index (κ2) is 17.7. The molecule has 0 unspecified atom stereocenters. The van der Waals surface area contributed by atoms with Gasteiger partial charge in [-0.1, -0.05) is 101 Å². The highest BCUT2D eigenvalue weighted by atomic mass is 32.1. The molecule has 3 aromatic rings. The highest BCUT2D eigenvalue weighted by Gasteiger charge is 2.12. The van der Waals surface area contributed by atoms with Gasteiger partial charge >= 0.3 is 0 Å². The average molecular weight is 552 g/mol. The molecule has 1 heterocycles. The summed E-state index contributed by atoms with van der Waals surface area (Å²) in [4.78, 5) is 14.2. The van der Waals surface area contributed by atoms with E-state index in [0.717, 1.165) is 18.7 Å². The van der Waals surface area contributed by atoms with Crippen LogP contribution in [0, 0.1) is 6.92 Å². The van der Waals surface area contributed by atoms with Crippen LogP contribution >= 0.6 is 11.3 Å². The molecule has 0 aliphatic rings. The van der Waals surface area contributed by atoms with E-state index in [1.165, 1.54) is 81.1 Å². The van der Waals surface area contributed by atoms with Gasteiger partial charge in [0.1, 0.15) is 0 Å². The SMILES string of the molecule is CCCCCCCCCCCCCCOc1cc(C(=O)Nc2ccc(C[n+]3csc(C)c3)cc2)ccc1OC. The molecule has 0 saturated carbocycles. The summed E-state index contributed by atoms with van der Waals surface area (Å²) < 4.78 is 13.7. The van der Waals surface area contributed by atoms with Gasteiger partial charge in [0.15, 0.2) is 24.2 Å². The van der Waals surface area contributed by atoms with Crippen LogP contribution in [0.15, 0.2) is 54.2 Å². The maximum absolute atomic E-state index is 12.9. The molecule has 0 spiro atoms. The number of anilines is 1. The molecule has 0 aliphatic heterocycles. The van der Waals surface area contributed by atoms with E-state index < -0.39 is 0 Å². The monoisotopic (exact) mass is 551 g/mol. The highest BCUT2D eigenvalue weighted by Crippen LogP contribution is 2.29. The van der Waals surface area contributed by atoms with Crippen LogP contribution in [0.5, 0.6) is 11.5 Å². The van der Waals surface area contributed by atoms with Crippen LogP contribution in [0.4, 0.5) is 5.69 Å². The number of nitrogens with zero attached hydrogens (tertiary/aromatic N) is 1. The van der Waals surface area contributed by atoms with Crippen LogP contribution in [0.1, 0.15) is 105 Å². The standard InChI is InChI=1S/C33H46N2O3S/c1-4-5-6-7-8-9-10-11-12-13-14-15-22-38-32-23-29(18-21-31(32)37-3)33(36)34-30-19-16-28(17-20-30)25-35-24-27(2)39-26-35/h16-21,23-24,26H,4-15,22,25H2,1-3H3/p+1. The molecule has 5 nitrogen and oxygen atoms in total. The van der Waals surface area contributed by atoms with Gasteiger partial charge in [-0.3, -0.25) is 4.79 Å². The number of benzene rings is 2. The van der Waals surface area contributed by atoms with Crippen molar-refractivity contribution in [2.75, 3.05) is 19.0 Å². The Morgan fingerprint density at radius 1 is 0.846 bits per heavy atom. The Hall–Kier alpha value is -2.86. The molecule has 3 rings (SSSR count). The Labute approximate surface area is 239 Å². The van der Waals surface area contributed by atoms with Gasteiger partial charge < -0.3 is 14.8 Å². The summed E-state index contributed by atoms with van der Waals surface area (Å²) in [7, 11) is 1.63. The van der Waals surface area contributed by atoms with Gasteiger partial charge in [0.25, 0.3) is 5.91 Å². The smallest absolute Gasteiger partial charge is 0.255 e. The first-order valence-electron chi connectivity index (χ1n) is 14.7. The third kappa shape index (κ3) is 11.4. The topological polar surface area (TPSA) is 51.4 Å². The van der Waals surface area contributed by atoms with Crippen LogP contribution in [-0.4, -0.2) is 19.6 Å². The number of ether oxygens (including phenoxy) is 2. The predicted molar refractivity (Wildman–Crippen MR) is 162 cm³/mol. The fourth-order valence-electron chi connectivity index (χ4n) is 4.69. The molecule has 2 aromatic carbocycles. The van der Waals surface area contributed by atoms with Gasteiger partial charge in [0.2, 0.25) is 5.51 Å². The summed E-state index contributed by atoms with van der Waals surface area (Å²) >= 11 is 1.74. The molecular formula is C33H47N2O3S+. The van der Waals surface area contributed by atoms with E-state index in [4.69, 9.17) is 9.47 Å². The number of carbonyl (C=O) groups is 1. The summed E-state index contributed by atoms with van der Waals surface area (Å²) in [5, 5.41) is 3.00. The van der Waals surface area contributed by atoms with Crippen LogP contribution in [-0.2, 0) is 6.54 Å². The van der Waals surface area contributed by atoms with E-state index in [2.05, 4.69) is 35.4 Å². The lowest BCUT2D eigenvalue weighted by atomic mass is 10.1. The molecule has 0 bridgehead atoms. The van der Waals surface area contributed by atoms with Crippen LogP contribution in [0.3, 0.4) is 0 Å². The Morgan fingerprint density at radius 2 is 1.49 bits per heavy atom. The minimum atomic E-state index is -0.163. The van der Waals surface area contributed by atoms with Crippen LogP contribution in [0.25, 0.3) is 0 Å². The lowest BCUT2D eigenvalue weighted by Crippen LogP contribution is -2.30. The first-order chi connectivity index (χ1) is 19.1. The number of unbranched alkanes of at least 4 members (excludes halogenated alkanes) is 11. The molecule has 1 amide bonds. The molecule has 0 saturated heterocycles. The molecule has 1 N–H and O–H groups in total. The number of amides is 1. The Kier molecular flexibility index (Phi) is 13.9. The maximum Gasteiger partial charge on any atom is 0.255 e. The number of thiazole rings is 1. The number of carbonyl (C=O) groups excluding carboxylic acids is 1. The van der Waals surface area contributed by atoms with Crippen molar-refractivity contribution in [2.24, 2.45) is 0 Å². The number of rotatable bonds is 19. The van der Waals surface area contributed by atoms with Crippen LogP contribution in [0.2, 0.25) is 0 Å². The van der Waals surface area contributed by atoms with E-state index in [1.54, 1.807) is 36.6 Å². The number of hydrogen-bond donors (Lipinski definition) is 1. The predicted octanol–water partition coefficient (Wildman–Crippen LogP) is 8.73. The number of nitrogens with one attached hydrogen (secondary N) is 1. The second-order valence-corrected chi connectivity index (χ2v) is 11.5. The summed E-state index contributed by atoms with van der Waals surface area (Å²) in [5.74, 6) is 1.10. The van der Waals surface area contributed by atoms with Crippen molar-refractivity contribution in [2.45, 2.75) is 97.4 Å². The zero-order valence-electron chi connectivity index (χ0n) is 24.2. The molecule has 0 atom stereocenters. The summed E-state index contributed by atoms with van der Waals surface area (Å²) in [6.45, 7) is 5.82. The van der Waals surface area contributed by atoms with Gasteiger partial charge in [-0.2, -0.15) is 4.57 Å². The molecule has 0 aliphatic carbocycles. The lowest BCUT2D eigenvalue weighted by molar-refractivity contribution is -0.683. The molecule has 39 heavy (non-hydrogen) atoms. The lowest BCUT2D eigenvalue weighted by Gasteiger charge is -2.13. The van der Waals surface area contributed by atoms with Crippen molar-refractivity contribution in [1.82, 2.24) is 0 Å². The average Bonchev–Trinajstić information content (AvgIpc) is 3.36. The van der Waals surface area contributed by atoms with Gasteiger partial charge in [0.05, 0.1) is 18.6 Å². The summed E-state index contributed by atoms with van der Waals surface area (Å²) in [6.07, 6.45) is 17.9. The number of aryl methyl sites for hydroxylation is 1. The van der Waals surface area contributed by atoms with Gasteiger partial charge in [-0.05, 0) is 43.7 Å². The molecular weight excluding hydrogens is 504 g/mol. The quantitative estimate of drug-likeness (QED) is 0.120. The van der Waals surface area contributed by atoms with E-state index in [-0.39, 0.29) is 5.91 Å². The fourth-order valence-corrected chi connectivity index (χ4v) is 5.32. The molecule has 6 heteroatoms. The van der Waals surface area contributed by atoms with E-state index in [0.29, 0.717) is 23.7 Å². The third-order valence-corrected chi connectivity index (χ3v) is 7.83. The van der Waals surface area contributed by atoms with Crippen molar-refractivity contribution in [1.29, 1.82) is 0 Å². The normalized spacial score (nSPS) is 10.9. The summed E-state index contributed by atoms with van der Waals surface area (Å²) in [6, 6.07) is 13.3. The Morgan fingerprint density at radius 3 is 2.08 bits per heavy atom. The molecule has 212 valence electrons.